The molecule has 0 aromatic carbocycles. The summed E-state index contributed by atoms with van der Waals surface area (Å²) in [6.45, 7) is 6.68. The summed E-state index contributed by atoms with van der Waals surface area (Å²) in [5.74, 6) is 2.07. The fourth-order valence-electron chi connectivity index (χ4n) is 2.87. The Morgan fingerprint density at radius 3 is 2.25 bits per heavy atom. The van der Waals surface area contributed by atoms with Gasteiger partial charge in [-0.05, 0) is 12.1 Å². The summed E-state index contributed by atoms with van der Waals surface area (Å²) in [6, 6.07) is 5.77. The zero-order chi connectivity index (χ0) is 16.2. The van der Waals surface area contributed by atoms with E-state index in [0.717, 1.165) is 50.9 Å². The Labute approximate surface area is 140 Å². The fourth-order valence-corrected chi connectivity index (χ4v) is 2.87. The van der Waals surface area contributed by atoms with Crippen LogP contribution < -0.4 is 15.1 Å². The standard InChI is InChI=1S/C16H21N7O/c1-2-4-18-13(3-1)14-19-15(22-7-5-17-6-8-22)21-16(20-14)23-9-11-24-12-10-23/h1-4,17H,5-12H2. The highest BCUT2D eigenvalue weighted by Crippen LogP contribution is 2.20. The van der Waals surface area contributed by atoms with Crippen LogP contribution in [0.1, 0.15) is 0 Å². The number of morpholine rings is 1. The summed E-state index contributed by atoms with van der Waals surface area (Å²) >= 11 is 0. The van der Waals surface area contributed by atoms with Crippen LogP contribution in [0.3, 0.4) is 0 Å². The molecule has 2 aromatic heterocycles. The average molecular weight is 327 g/mol. The van der Waals surface area contributed by atoms with Crippen molar-refractivity contribution in [2.75, 3.05) is 62.3 Å². The topological polar surface area (TPSA) is 79.3 Å². The largest absolute Gasteiger partial charge is 0.378 e. The van der Waals surface area contributed by atoms with E-state index in [1.165, 1.54) is 0 Å². The van der Waals surface area contributed by atoms with Gasteiger partial charge in [0, 0.05) is 45.5 Å². The van der Waals surface area contributed by atoms with Gasteiger partial charge in [0.25, 0.3) is 0 Å². The van der Waals surface area contributed by atoms with Crippen molar-refractivity contribution < 1.29 is 4.74 Å². The first-order valence-electron chi connectivity index (χ1n) is 8.36. The van der Waals surface area contributed by atoms with Crippen LogP contribution in [-0.2, 0) is 4.74 Å². The monoisotopic (exact) mass is 327 g/mol. The molecule has 4 heterocycles. The molecule has 0 bridgehead atoms. The van der Waals surface area contributed by atoms with Crippen molar-refractivity contribution >= 4 is 11.9 Å². The van der Waals surface area contributed by atoms with Crippen molar-refractivity contribution in [3.8, 4) is 11.5 Å². The van der Waals surface area contributed by atoms with E-state index < -0.39 is 0 Å². The molecule has 0 radical (unpaired) electrons. The minimum absolute atomic E-state index is 0.626. The predicted octanol–water partition coefficient (Wildman–Crippen LogP) is 0.180. The molecular weight excluding hydrogens is 306 g/mol. The maximum atomic E-state index is 5.44. The van der Waals surface area contributed by atoms with Crippen LogP contribution in [0.5, 0.6) is 0 Å². The number of ether oxygens (including phenoxy) is 1. The number of anilines is 2. The molecule has 0 saturated carbocycles. The molecule has 0 unspecified atom stereocenters. The lowest BCUT2D eigenvalue weighted by molar-refractivity contribution is 0.122. The third-order valence-corrected chi connectivity index (χ3v) is 4.20. The third kappa shape index (κ3) is 3.29. The maximum Gasteiger partial charge on any atom is 0.230 e. The molecule has 0 amide bonds. The van der Waals surface area contributed by atoms with Gasteiger partial charge in [0.05, 0.1) is 13.2 Å². The number of pyridine rings is 1. The van der Waals surface area contributed by atoms with Gasteiger partial charge in [-0.15, -0.1) is 0 Å². The molecule has 126 valence electrons. The van der Waals surface area contributed by atoms with Crippen LogP contribution in [0.4, 0.5) is 11.9 Å². The van der Waals surface area contributed by atoms with Gasteiger partial charge in [-0.1, -0.05) is 6.07 Å². The van der Waals surface area contributed by atoms with Gasteiger partial charge >= 0.3 is 0 Å². The third-order valence-electron chi connectivity index (χ3n) is 4.20. The summed E-state index contributed by atoms with van der Waals surface area (Å²) < 4.78 is 5.44. The average Bonchev–Trinajstić information content (AvgIpc) is 2.70. The molecule has 2 aromatic rings. The lowest BCUT2D eigenvalue weighted by Crippen LogP contribution is -2.44. The Balaban J connectivity index is 1.72. The van der Waals surface area contributed by atoms with Crippen LogP contribution in [0, 0.1) is 0 Å². The fraction of sp³-hybridized carbons (Fsp3) is 0.500. The number of hydrogen-bond donors (Lipinski definition) is 1. The van der Waals surface area contributed by atoms with E-state index in [2.05, 4.69) is 30.1 Å². The summed E-state index contributed by atoms with van der Waals surface area (Å²) in [4.78, 5) is 22.8. The quantitative estimate of drug-likeness (QED) is 0.855. The van der Waals surface area contributed by atoms with E-state index in [1.54, 1.807) is 6.20 Å². The van der Waals surface area contributed by atoms with Gasteiger partial charge in [0.2, 0.25) is 11.9 Å². The molecule has 8 nitrogen and oxygen atoms in total. The number of hydrogen-bond acceptors (Lipinski definition) is 8. The van der Waals surface area contributed by atoms with Crippen molar-refractivity contribution in [1.82, 2.24) is 25.3 Å². The Bertz CT molecular complexity index is 633. The Kier molecular flexibility index (Phi) is 4.48. The summed E-state index contributed by atoms with van der Waals surface area (Å²) in [5.41, 5.74) is 0.769. The minimum Gasteiger partial charge on any atom is -0.378 e. The normalized spacial score (nSPS) is 18.7. The Morgan fingerprint density at radius 2 is 1.58 bits per heavy atom. The minimum atomic E-state index is 0.626. The van der Waals surface area contributed by atoms with Crippen molar-refractivity contribution in [3.05, 3.63) is 24.4 Å². The second kappa shape index (κ2) is 7.06. The van der Waals surface area contributed by atoms with Crippen molar-refractivity contribution in [3.63, 3.8) is 0 Å². The highest BCUT2D eigenvalue weighted by atomic mass is 16.5. The molecule has 8 heteroatoms. The Hall–Kier alpha value is -2.32. The van der Waals surface area contributed by atoms with Gasteiger partial charge < -0.3 is 19.9 Å². The first-order valence-corrected chi connectivity index (χ1v) is 8.36. The molecule has 0 atom stereocenters. The molecular formula is C16H21N7O. The zero-order valence-corrected chi connectivity index (χ0v) is 13.6. The lowest BCUT2D eigenvalue weighted by Gasteiger charge is -2.30. The molecule has 2 saturated heterocycles. The van der Waals surface area contributed by atoms with E-state index in [4.69, 9.17) is 9.72 Å². The van der Waals surface area contributed by atoms with Crippen LogP contribution in [0.25, 0.3) is 11.5 Å². The van der Waals surface area contributed by atoms with Crippen molar-refractivity contribution in [1.29, 1.82) is 0 Å². The predicted molar refractivity (Wildman–Crippen MR) is 91.2 cm³/mol. The molecule has 2 aliphatic heterocycles. The zero-order valence-electron chi connectivity index (χ0n) is 13.6. The highest BCUT2D eigenvalue weighted by Gasteiger charge is 2.21. The molecule has 0 spiro atoms. The van der Waals surface area contributed by atoms with E-state index >= 15 is 0 Å². The van der Waals surface area contributed by atoms with Crippen molar-refractivity contribution in [2.24, 2.45) is 0 Å². The van der Waals surface area contributed by atoms with Gasteiger partial charge in [-0.3, -0.25) is 4.98 Å². The van der Waals surface area contributed by atoms with Gasteiger partial charge in [0.1, 0.15) is 5.69 Å². The number of nitrogens with zero attached hydrogens (tertiary/aromatic N) is 6. The first-order chi connectivity index (χ1) is 11.9. The molecule has 2 fully saturated rings. The van der Waals surface area contributed by atoms with Crippen LogP contribution in [-0.4, -0.2) is 72.4 Å². The second-order valence-corrected chi connectivity index (χ2v) is 5.81. The summed E-state index contributed by atoms with van der Waals surface area (Å²) in [7, 11) is 0. The van der Waals surface area contributed by atoms with E-state index in [1.807, 2.05) is 18.2 Å². The molecule has 0 aliphatic carbocycles. The van der Waals surface area contributed by atoms with Crippen LogP contribution in [0.2, 0.25) is 0 Å². The van der Waals surface area contributed by atoms with E-state index in [0.29, 0.717) is 25.0 Å². The number of aromatic nitrogens is 4. The SMILES string of the molecule is c1ccc(-c2nc(N3CCNCC3)nc(N3CCOCC3)n2)nc1. The molecule has 24 heavy (non-hydrogen) atoms. The van der Waals surface area contributed by atoms with Gasteiger partial charge in [-0.25, -0.2) is 0 Å². The lowest BCUT2D eigenvalue weighted by atomic mass is 10.3. The number of nitrogens with one attached hydrogen (secondary N) is 1. The first kappa shape index (κ1) is 15.2. The van der Waals surface area contributed by atoms with Crippen molar-refractivity contribution in [2.45, 2.75) is 0 Å². The van der Waals surface area contributed by atoms with E-state index in [-0.39, 0.29) is 0 Å². The second-order valence-electron chi connectivity index (χ2n) is 5.81. The van der Waals surface area contributed by atoms with Gasteiger partial charge in [-0.2, -0.15) is 15.0 Å². The van der Waals surface area contributed by atoms with Crippen LogP contribution >= 0.6 is 0 Å². The van der Waals surface area contributed by atoms with E-state index in [9.17, 15) is 0 Å². The van der Waals surface area contributed by atoms with Gasteiger partial charge in [0.15, 0.2) is 5.82 Å². The summed E-state index contributed by atoms with van der Waals surface area (Å²) in [5, 5.41) is 3.36. The summed E-state index contributed by atoms with van der Waals surface area (Å²) in [6.07, 6.45) is 1.76. The Morgan fingerprint density at radius 1 is 0.875 bits per heavy atom. The maximum absolute atomic E-state index is 5.44. The molecule has 4 rings (SSSR count). The molecule has 1 N–H and O–H groups in total. The highest BCUT2D eigenvalue weighted by molar-refractivity contribution is 5.54. The molecule has 2 aliphatic rings. The smallest absolute Gasteiger partial charge is 0.230 e. The van der Waals surface area contributed by atoms with Crippen LogP contribution in [0.15, 0.2) is 24.4 Å². The number of piperazine rings is 1. The number of rotatable bonds is 3.